The van der Waals surface area contributed by atoms with Crippen molar-refractivity contribution in [2.45, 2.75) is 32.3 Å². The minimum Gasteiger partial charge on any atom is -0.389 e. The molecule has 1 atom stereocenters. The van der Waals surface area contributed by atoms with Gasteiger partial charge in [0.2, 0.25) is 0 Å². The minimum absolute atomic E-state index is 0.0505. The third-order valence-corrected chi connectivity index (χ3v) is 3.68. The van der Waals surface area contributed by atoms with Gasteiger partial charge in [0.05, 0.1) is 5.60 Å². The molecule has 1 fully saturated rings. The minimum atomic E-state index is -0.640. The summed E-state index contributed by atoms with van der Waals surface area (Å²) < 4.78 is 13.4. The number of nitrogens with zero attached hydrogens (tertiary/aromatic N) is 1. The standard InChI is InChI=1S/C15H20FNO2/c1-11-3-4-12(9-13(11)16)14(18)5-7-17-8-6-15(2,19)10-17/h3-4,9,19H,5-8,10H2,1-2H3. The lowest BCUT2D eigenvalue weighted by Crippen LogP contribution is -2.31. The molecule has 0 saturated carbocycles. The zero-order valence-corrected chi connectivity index (χ0v) is 11.4. The number of carbonyl (C=O) groups excluding carboxylic acids is 1. The number of rotatable bonds is 4. The van der Waals surface area contributed by atoms with Crippen LogP contribution >= 0.6 is 0 Å². The molecule has 0 bridgehead atoms. The van der Waals surface area contributed by atoms with Gasteiger partial charge in [-0.1, -0.05) is 12.1 Å². The Labute approximate surface area is 113 Å². The Bertz CT molecular complexity index is 485. The molecule has 0 aliphatic carbocycles. The van der Waals surface area contributed by atoms with Gasteiger partial charge in [0.1, 0.15) is 5.82 Å². The van der Waals surface area contributed by atoms with E-state index < -0.39 is 5.60 Å². The van der Waals surface area contributed by atoms with Crippen LogP contribution in [0.1, 0.15) is 35.7 Å². The third-order valence-electron chi connectivity index (χ3n) is 3.68. The quantitative estimate of drug-likeness (QED) is 0.848. The number of benzene rings is 1. The van der Waals surface area contributed by atoms with E-state index in [1.807, 2.05) is 6.92 Å². The molecule has 1 heterocycles. The summed E-state index contributed by atoms with van der Waals surface area (Å²) in [5, 5.41) is 9.84. The van der Waals surface area contributed by atoms with E-state index in [0.717, 1.165) is 13.0 Å². The summed E-state index contributed by atoms with van der Waals surface area (Å²) in [6.45, 7) is 5.51. The van der Waals surface area contributed by atoms with Crippen LogP contribution in [-0.4, -0.2) is 41.0 Å². The first-order valence-corrected chi connectivity index (χ1v) is 6.61. The molecule has 4 heteroatoms. The van der Waals surface area contributed by atoms with Gasteiger partial charge in [0.25, 0.3) is 0 Å². The van der Waals surface area contributed by atoms with E-state index in [1.165, 1.54) is 6.07 Å². The molecular weight excluding hydrogens is 245 g/mol. The van der Waals surface area contributed by atoms with Crippen LogP contribution in [0.2, 0.25) is 0 Å². The summed E-state index contributed by atoms with van der Waals surface area (Å²) in [4.78, 5) is 14.0. The van der Waals surface area contributed by atoms with Crippen LogP contribution in [0.5, 0.6) is 0 Å². The Balaban J connectivity index is 1.89. The van der Waals surface area contributed by atoms with Gasteiger partial charge in [-0.3, -0.25) is 9.69 Å². The molecule has 1 aromatic rings. The van der Waals surface area contributed by atoms with Crippen LogP contribution < -0.4 is 0 Å². The summed E-state index contributed by atoms with van der Waals surface area (Å²) in [5.74, 6) is -0.389. The van der Waals surface area contributed by atoms with Gasteiger partial charge < -0.3 is 5.11 Å². The molecule has 3 nitrogen and oxygen atoms in total. The highest BCUT2D eigenvalue weighted by molar-refractivity contribution is 5.96. The average Bonchev–Trinajstić information content (AvgIpc) is 2.69. The zero-order chi connectivity index (χ0) is 14.0. The second-order valence-corrected chi connectivity index (χ2v) is 5.66. The fourth-order valence-electron chi connectivity index (χ4n) is 2.40. The first-order valence-electron chi connectivity index (χ1n) is 6.61. The SMILES string of the molecule is Cc1ccc(C(=O)CCN2CCC(C)(O)C2)cc1F. The first-order chi connectivity index (χ1) is 8.87. The molecule has 1 saturated heterocycles. The van der Waals surface area contributed by atoms with E-state index in [0.29, 0.717) is 30.6 Å². The van der Waals surface area contributed by atoms with Gasteiger partial charge in [0.15, 0.2) is 5.78 Å². The largest absolute Gasteiger partial charge is 0.389 e. The van der Waals surface area contributed by atoms with Gasteiger partial charge in [-0.2, -0.15) is 0 Å². The van der Waals surface area contributed by atoms with E-state index in [9.17, 15) is 14.3 Å². The van der Waals surface area contributed by atoms with Crippen LogP contribution in [0.25, 0.3) is 0 Å². The highest BCUT2D eigenvalue weighted by Gasteiger charge is 2.31. The predicted molar refractivity (Wildman–Crippen MR) is 71.8 cm³/mol. The second kappa shape index (κ2) is 5.39. The number of aryl methyl sites for hydroxylation is 1. The number of carbonyl (C=O) groups is 1. The Morgan fingerprint density at radius 2 is 2.26 bits per heavy atom. The monoisotopic (exact) mass is 265 g/mol. The molecule has 1 N–H and O–H groups in total. The van der Waals surface area contributed by atoms with Gasteiger partial charge in [0, 0.05) is 31.6 Å². The maximum absolute atomic E-state index is 13.4. The van der Waals surface area contributed by atoms with E-state index in [4.69, 9.17) is 0 Å². The Hall–Kier alpha value is -1.26. The molecule has 104 valence electrons. The van der Waals surface area contributed by atoms with Crippen LogP contribution in [0, 0.1) is 12.7 Å². The number of Topliss-reactive ketones (excluding diaryl/α,β-unsaturated/α-hetero) is 1. The molecule has 1 aliphatic heterocycles. The first kappa shape index (κ1) is 14.2. The van der Waals surface area contributed by atoms with Crippen molar-refractivity contribution in [2.75, 3.05) is 19.6 Å². The van der Waals surface area contributed by atoms with E-state index >= 15 is 0 Å². The van der Waals surface area contributed by atoms with Crippen LogP contribution in [0.4, 0.5) is 4.39 Å². The van der Waals surface area contributed by atoms with Crippen molar-refractivity contribution in [3.63, 3.8) is 0 Å². The number of hydrogen-bond acceptors (Lipinski definition) is 3. The molecule has 0 amide bonds. The number of ketones is 1. The number of β-amino-alcohol motifs (C(OH)–C–C–N with tert-alkyl or cyclic N) is 1. The smallest absolute Gasteiger partial charge is 0.164 e. The predicted octanol–water partition coefficient (Wildman–Crippen LogP) is 2.16. The Morgan fingerprint density at radius 3 is 2.84 bits per heavy atom. The van der Waals surface area contributed by atoms with Crippen molar-refractivity contribution < 1.29 is 14.3 Å². The molecule has 19 heavy (non-hydrogen) atoms. The van der Waals surface area contributed by atoms with Crippen molar-refractivity contribution in [1.82, 2.24) is 4.90 Å². The summed E-state index contributed by atoms with van der Waals surface area (Å²) >= 11 is 0. The second-order valence-electron chi connectivity index (χ2n) is 5.66. The normalized spacial score (nSPS) is 23.8. The Kier molecular flexibility index (Phi) is 4.02. The van der Waals surface area contributed by atoms with Crippen molar-refractivity contribution >= 4 is 5.78 Å². The molecule has 0 spiro atoms. The topological polar surface area (TPSA) is 40.5 Å². The number of likely N-dealkylation sites (tertiary alicyclic amines) is 1. The fourth-order valence-corrected chi connectivity index (χ4v) is 2.40. The molecule has 1 aliphatic rings. The average molecular weight is 265 g/mol. The molecule has 1 aromatic carbocycles. The highest BCUT2D eigenvalue weighted by Crippen LogP contribution is 2.20. The summed E-state index contributed by atoms with van der Waals surface area (Å²) in [6, 6.07) is 4.60. The Morgan fingerprint density at radius 1 is 1.53 bits per heavy atom. The lowest BCUT2D eigenvalue weighted by molar-refractivity contribution is 0.0677. The van der Waals surface area contributed by atoms with Gasteiger partial charge in [-0.25, -0.2) is 4.39 Å². The summed E-state index contributed by atoms with van der Waals surface area (Å²) in [6.07, 6.45) is 1.10. The van der Waals surface area contributed by atoms with E-state index in [2.05, 4.69) is 4.90 Å². The number of hydrogen-bond donors (Lipinski definition) is 1. The summed E-state index contributed by atoms with van der Waals surface area (Å²) in [7, 11) is 0. The van der Waals surface area contributed by atoms with Crippen molar-refractivity contribution in [1.29, 1.82) is 0 Å². The van der Waals surface area contributed by atoms with Crippen molar-refractivity contribution in [3.8, 4) is 0 Å². The van der Waals surface area contributed by atoms with Crippen LogP contribution in [0.15, 0.2) is 18.2 Å². The van der Waals surface area contributed by atoms with Crippen molar-refractivity contribution in [2.24, 2.45) is 0 Å². The van der Waals surface area contributed by atoms with E-state index in [-0.39, 0.29) is 11.6 Å². The lowest BCUT2D eigenvalue weighted by atomic mass is 10.1. The molecule has 1 unspecified atom stereocenters. The molecule has 0 radical (unpaired) electrons. The molecule has 0 aromatic heterocycles. The number of halogens is 1. The fraction of sp³-hybridized carbons (Fsp3) is 0.533. The summed E-state index contributed by atoms with van der Waals surface area (Å²) in [5.41, 5.74) is 0.333. The maximum Gasteiger partial charge on any atom is 0.164 e. The highest BCUT2D eigenvalue weighted by atomic mass is 19.1. The van der Waals surface area contributed by atoms with Gasteiger partial charge in [-0.05, 0) is 31.9 Å². The zero-order valence-electron chi connectivity index (χ0n) is 11.4. The maximum atomic E-state index is 13.4. The third kappa shape index (κ3) is 3.61. The lowest BCUT2D eigenvalue weighted by Gasteiger charge is -2.18. The van der Waals surface area contributed by atoms with Crippen LogP contribution in [-0.2, 0) is 0 Å². The van der Waals surface area contributed by atoms with Crippen LogP contribution in [0.3, 0.4) is 0 Å². The van der Waals surface area contributed by atoms with E-state index in [1.54, 1.807) is 19.1 Å². The van der Waals surface area contributed by atoms with Gasteiger partial charge >= 0.3 is 0 Å². The molecular formula is C15H20FNO2. The number of aliphatic hydroxyl groups is 1. The van der Waals surface area contributed by atoms with Gasteiger partial charge in [-0.15, -0.1) is 0 Å². The van der Waals surface area contributed by atoms with Crippen molar-refractivity contribution in [3.05, 3.63) is 35.1 Å². The molecule has 2 rings (SSSR count).